The molecule has 0 aromatic heterocycles. The summed E-state index contributed by atoms with van der Waals surface area (Å²) in [5.74, 6) is -0.375. The Bertz CT molecular complexity index is 1090. The maximum absolute atomic E-state index is 13.8. The van der Waals surface area contributed by atoms with Crippen molar-refractivity contribution in [3.05, 3.63) is 29.6 Å². The Kier molecular flexibility index (Phi) is 8.35. The van der Waals surface area contributed by atoms with Crippen LogP contribution >= 0.6 is 0 Å². The Morgan fingerprint density at radius 1 is 1.16 bits per heavy atom. The van der Waals surface area contributed by atoms with Gasteiger partial charge in [-0.25, -0.2) is 17.6 Å². The third-order valence-corrected chi connectivity index (χ3v) is 9.54. The van der Waals surface area contributed by atoms with Crippen LogP contribution in [0.2, 0.25) is 0 Å². The second kappa shape index (κ2) is 11.2. The van der Waals surface area contributed by atoms with Crippen LogP contribution in [-0.2, 0) is 24.8 Å². The monoisotopic (exact) mass is 537 g/mol. The summed E-state index contributed by atoms with van der Waals surface area (Å²) in [4.78, 5) is 29.9. The van der Waals surface area contributed by atoms with E-state index in [1.165, 1.54) is 17.4 Å². The summed E-state index contributed by atoms with van der Waals surface area (Å²) in [6.45, 7) is 7.51. The molecule has 1 saturated heterocycles. The lowest BCUT2D eigenvalue weighted by atomic mass is 9.85. The topological polar surface area (TPSA) is 96.0 Å². The van der Waals surface area contributed by atoms with Crippen molar-refractivity contribution in [1.82, 2.24) is 10.2 Å². The van der Waals surface area contributed by atoms with Crippen LogP contribution in [0.4, 0.5) is 14.9 Å². The van der Waals surface area contributed by atoms with Crippen molar-refractivity contribution >= 4 is 27.5 Å². The van der Waals surface area contributed by atoms with Gasteiger partial charge in [0.1, 0.15) is 5.82 Å². The fraction of sp³-hybridized carbons (Fsp3) is 0.704. The number of nitrogens with zero attached hydrogens (tertiary/aromatic N) is 2. The van der Waals surface area contributed by atoms with E-state index in [0.29, 0.717) is 25.4 Å². The molecular weight excluding hydrogens is 497 g/mol. The van der Waals surface area contributed by atoms with E-state index in [1.54, 1.807) is 12.1 Å². The zero-order chi connectivity index (χ0) is 26.8. The highest BCUT2D eigenvalue weighted by molar-refractivity contribution is 7.91. The van der Waals surface area contributed by atoms with Crippen LogP contribution in [0, 0.1) is 11.7 Å². The first-order valence-corrected chi connectivity index (χ1v) is 15.3. The highest BCUT2D eigenvalue weighted by Gasteiger charge is 2.37. The van der Waals surface area contributed by atoms with Gasteiger partial charge in [-0.05, 0) is 43.0 Å². The average Bonchev–Trinajstić information content (AvgIpc) is 3.07. The summed E-state index contributed by atoms with van der Waals surface area (Å²) in [7, 11) is -3.12. The second-order valence-corrected chi connectivity index (χ2v) is 13.9. The minimum absolute atomic E-state index is 0.0598. The van der Waals surface area contributed by atoms with Gasteiger partial charge in [-0.1, -0.05) is 46.0 Å². The molecule has 1 aliphatic carbocycles. The van der Waals surface area contributed by atoms with E-state index >= 15 is 0 Å². The first kappa shape index (κ1) is 27.7. The predicted octanol–water partition coefficient (Wildman–Crippen LogP) is 3.63. The molecule has 2 heterocycles. The molecule has 4 rings (SSSR count). The molecule has 1 saturated carbocycles. The summed E-state index contributed by atoms with van der Waals surface area (Å²) in [6, 6.07) is 4.54. The van der Waals surface area contributed by atoms with Crippen molar-refractivity contribution in [2.75, 3.05) is 42.6 Å². The van der Waals surface area contributed by atoms with Crippen LogP contribution in [-0.4, -0.2) is 75.1 Å². The number of hydrogen-bond acceptors (Lipinski definition) is 6. The van der Waals surface area contributed by atoms with E-state index in [4.69, 9.17) is 4.74 Å². The van der Waals surface area contributed by atoms with Gasteiger partial charge in [0.25, 0.3) is 5.91 Å². The van der Waals surface area contributed by atoms with Crippen LogP contribution in [0.25, 0.3) is 0 Å². The number of sulfone groups is 1. The molecule has 2 amide bonds. The predicted molar refractivity (Wildman–Crippen MR) is 141 cm³/mol. The molecule has 3 aliphatic rings. The Hall–Kier alpha value is -2.36. The Morgan fingerprint density at radius 3 is 2.51 bits per heavy atom. The quantitative estimate of drug-likeness (QED) is 0.571. The van der Waals surface area contributed by atoms with Gasteiger partial charge < -0.3 is 19.9 Å². The summed E-state index contributed by atoms with van der Waals surface area (Å²) in [6.07, 6.45) is 4.29. The van der Waals surface area contributed by atoms with Gasteiger partial charge in [-0.15, -0.1) is 0 Å². The molecule has 2 atom stereocenters. The zero-order valence-corrected chi connectivity index (χ0v) is 23.0. The van der Waals surface area contributed by atoms with Crippen molar-refractivity contribution in [3.8, 4) is 0 Å². The van der Waals surface area contributed by atoms with Crippen molar-refractivity contribution in [2.24, 2.45) is 5.92 Å². The molecule has 2 fully saturated rings. The smallest absolute Gasteiger partial charge is 0.408 e. The van der Waals surface area contributed by atoms with Gasteiger partial charge in [-0.2, -0.15) is 0 Å². The largest absolute Gasteiger partial charge is 0.436 e. The summed E-state index contributed by atoms with van der Waals surface area (Å²) >= 11 is 0. The molecule has 2 aliphatic heterocycles. The van der Waals surface area contributed by atoms with Crippen molar-refractivity contribution < 1.29 is 27.1 Å². The first-order valence-electron chi connectivity index (χ1n) is 13.4. The molecular formula is C27H40FN3O5S. The second-order valence-electron chi connectivity index (χ2n) is 11.6. The minimum atomic E-state index is -3.12. The maximum atomic E-state index is 13.8. The summed E-state index contributed by atoms with van der Waals surface area (Å²) < 4.78 is 43.2. The lowest BCUT2D eigenvalue weighted by Crippen LogP contribution is -2.50. The number of benzene rings is 1. The van der Waals surface area contributed by atoms with Gasteiger partial charge in [0.2, 0.25) is 0 Å². The minimum Gasteiger partial charge on any atom is -0.436 e. The maximum Gasteiger partial charge on any atom is 0.408 e. The third kappa shape index (κ3) is 6.94. The highest BCUT2D eigenvalue weighted by Crippen LogP contribution is 2.40. The molecule has 10 heteroatoms. The SMILES string of the molecule is C[C@@H](CN1CC(C)(C)c2cc(F)ccc21)NC(=O)OC(CC1CCCCC1)C(=O)N1CCS(=O)(=O)CC1. The molecule has 1 aromatic rings. The molecule has 0 bridgehead atoms. The van der Waals surface area contributed by atoms with Crippen molar-refractivity contribution in [2.45, 2.75) is 76.9 Å². The number of carbonyl (C=O) groups is 2. The van der Waals surface area contributed by atoms with Gasteiger partial charge in [0.05, 0.1) is 11.5 Å². The lowest BCUT2D eigenvalue weighted by molar-refractivity contribution is -0.141. The van der Waals surface area contributed by atoms with E-state index < -0.39 is 22.0 Å². The highest BCUT2D eigenvalue weighted by atomic mass is 32.2. The Labute approximate surface area is 219 Å². The number of nitrogens with one attached hydrogen (secondary N) is 1. The molecule has 206 valence electrons. The molecule has 1 unspecified atom stereocenters. The molecule has 8 nitrogen and oxygen atoms in total. The van der Waals surface area contributed by atoms with E-state index in [-0.39, 0.29) is 47.8 Å². The number of alkyl carbamates (subject to hydrolysis) is 1. The molecule has 1 aromatic carbocycles. The number of fused-ring (bicyclic) bond motifs is 1. The standard InChI is InChI=1S/C27H40FN3O5S/c1-19(17-31-18-27(2,3)22-16-21(28)9-10-23(22)31)29-26(33)36-24(15-20-7-5-4-6-8-20)25(32)30-11-13-37(34,35)14-12-30/h9-10,16,19-20,24H,4-8,11-15,17-18H2,1-3H3,(H,29,33)/t19-,24?/m0/s1. The van der Waals surface area contributed by atoms with Gasteiger partial charge in [0.15, 0.2) is 15.9 Å². The van der Waals surface area contributed by atoms with Gasteiger partial charge >= 0.3 is 6.09 Å². The fourth-order valence-electron chi connectivity index (χ4n) is 5.94. The normalized spacial score (nSPS) is 22.7. The number of hydrogen-bond donors (Lipinski definition) is 1. The number of carbonyl (C=O) groups excluding carboxylic acids is 2. The average molecular weight is 538 g/mol. The van der Waals surface area contributed by atoms with E-state index in [0.717, 1.165) is 36.9 Å². The summed E-state index contributed by atoms with van der Waals surface area (Å²) in [5.41, 5.74) is 1.69. The molecule has 1 N–H and O–H groups in total. The van der Waals surface area contributed by atoms with E-state index in [1.807, 2.05) is 6.92 Å². The van der Waals surface area contributed by atoms with Crippen LogP contribution in [0.1, 0.15) is 64.9 Å². The van der Waals surface area contributed by atoms with E-state index in [9.17, 15) is 22.4 Å². The number of rotatable bonds is 7. The molecule has 37 heavy (non-hydrogen) atoms. The fourth-order valence-corrected chi connectivity index (χ4v) is 7.14. The van der Waals surface area contributed by atoms with Crippen LogP contribution in [0.5, 0.6) is 0 Å². The van der Waals surface area contributed by atoms with Crippen molar-refractivity contribution in [3.63, 3.8) is 0 Å². The third-order valence-electron chi connectivity index (χ3n) is 7.93. The zero-order valence-electron chi connectivity index (χ0n) is 22.2. The molecule has 0 spiro atoms. The van der Waals surface area contributed by atoms with E-state index in [2.05, 4.69) is 24.1 Å². The van der Waals surface area contributed by atoms with Gasteiger partial charge in [0, 0.05) is 43.3 Å². The Morgan fingerprint density at radius 2 is 1.84 bits per heavy atom. The van der Waals surface area contributed by atoms with Gasteiger partial charge in [-0.3, -0.25) is 4.79 Å². The number of amides is 2. The van der Waals surface area contributed by atoms with Crippen LogP contribution in [0.15, 0.2) is 18.2 Å². The summed E-state index contributed by atoms with van der Waals surface area (Å²) in [5, 5.41) is 2.87. The molecule has 0 radical (unpaired) electrons. The number of halogens is 1. The van der Waals surface area contributed by atoms with Crippen LogP contribution in [0.3, 0.4) is 0 Å². The Balaban J connectivity index is 1.38. The van der Waals surface area contributed by atoms with Crippen molar-refractivity contribution in [1.29, 1.82) is 0 Å². The number of anilines is 1. The first-order chi connectivity index (χ1) is 17.4. The number of ether oxygens (including phenoxy) is 1. The lowest BCUT2D eigenvalue weighted by Gasteiger charge is -2.32. The van der Waals surface area contributed by atoms with Crippen LogP contribution < -0.4 is 10.2 Å².